The number of H-pyrrole nitrogens is 1. The molecule has 0 bridgehead atoms. The Morgan fingerprint density at radius 3 is 2.67 bits per heavy atom. The molecular weight excluding hydrogens is 229 g/mol. The van der Waals surface area contributed by atoms with Crippen LogP contribution < -0.4 is 5.32 Å². The highest BCUT2D eigenvalue weighted by molar-refractivity contribution is 5.54. The van der Waals surface area contributed by atoms with Gasteiger partial charge in [-0.1, -0.05) is 13.8 Å². The molecule has 0 saturated heterocycles. The Kier molecular flexibility index (Phi) is 4.10. The van der Waals surface area contributed by atoms with Crippen molar-refractivity contribution in [2.45, 2.75) is 20.4 Å². The van der Waals surface area contributed by atoms with E-state index in [0.717, 1.165) is 30.2 Å². The van der Waals surface area contributed by atoms with E-state index < -0.39 is 0 Å². The summed E-state index contributed by atoms with van der Waals surface area (Å²) in [5, 5.41) is 3.34. The van der Waals surface area contributed by atoms with E-state index >= 15 is 0 Å². The van der Waals surface area contributed by atoms with Gasteiger partial charge in [0.15, 0.2) is 0 Å². The maximum absolute atomic E-state index is 12.8. The molecule has 0 fully saturated rings. The highest BCUT2D eigenvalue weighted by Gasteiger charge is 2.03. The molecular formula is C14H18FN3. The molecule has 1 aromatic heterocycles. The minimum absolute atomic E-state index is 0.232. The third-order valence-electron chi connectivity index (χ3n) is 2.61. The Morgan fingerprint density at radius 2 is 2.00 bits per heavy atom. The van der Waals surface area contributed by atoms with Crippen molar-refractivity contribution in [3.8, 4) is 11.4 Å². The lowest BCUT2D eigenvalue weighted by Gasteiger charge is -2.05. The van der Waals surface area contributed by atoms with E-state index in [1.165, 1.54) is 12.1 Å². The number of nitrogens with one attached hydrogen (secondary N) is 2. The average Bonchev–Trinajstić information content (AvgIpc) is 2.78. The van der Waals surface area contributed by atoms with Gasteiger partial charge in [-0.05, 0) is 36.7 Å². The summed E-state index contributed by atoms with van der Waals surface area (Å²) in [6, 6.07) is 6.32. The molecule has 3 nitrogen and oxygen atoms in total. The number of aromatic nitrogens is 2. The van der Waals surface area contributed by atoms with Gasteiger partial charge in [0.2, 0.25) is 0 Å². The van der Waals surface area contributed by atoms with Gasteiger partial charge in [0.05, 0.1) is 0 Å². The summed E-state index contributed by atoms with van der Waals surface area (Å²) in [4.78, 5) is 7.52. The fourth-order valence-electron chi connectivity index (χ4n) is 1.70. The number of aromatic amines is 1. The van der Waals surface area contributed by atoms with E-state index in [2.05, 4.69) is 29.1 Å². The van der Waals surface area contributed by atoms with Gasteiger partial charge in [0.1, 0.15) is 11.6 Å². The second-order valence-electron chi connectivity index (χ2n) is 4.79. The number of nitrogens with zero attached hydrogens (tertiary/aromatic N) is 1. The van der Waals surface area contributed by atoms with E-state index in [1.54, 1.807) is 12.1 Å². The van der Waals surface area contributed by atoms with Crippen LogP contribution in [0.4, 0.5) is 4.39 Å². The van der Waals surface area contributed by atoms with Crippen molar-refractivity contribution in [3.05, 3.63) is 42.0 Å². The zero-order chi connectivity index (χ0) is 13.0. The van der Waals surface area contributed by atoms with Crippen LogP contribution >= 0.6 is 0 Å². The number of benzene rings is 1. The lowest BCUT2D eigenvalue weighted by Crippen LogP contribution is -2.19. The van der Waals surface area contributed by atoms with E-state index in [4.69, 9.17) is 0 Å². The number of hydrogen-bond acceptors (Lipinski definition) is 2. The molecule has 0 aliphatic heterocycles. The zero-order valence-corrected chi connectivity index (χ0v) is 10.7. The van der Waals surface area contributed by atoms with Crippen LogP contribution in [0.5, 0.6) is 0 Å². The van der Waals surface area contributed by atoms with Crippen LogP contribution in [0.1, 0.15) is 19.5 Å². The molecule has 0 amide bonds. The molecule has 0 spiro atoms. The highest BCUT2D eigenvalue weighted by Crippen LogP contribution is 2.15. The molecule has 18 heavy (non-hydrogen) atoms. The number of imidazole rings is 1. The topological polar surface area (TPSA) is 40.7 Å². The van der Waals surface area contributed by atoms with Crippen LogP contribution in [-0.4, -0.2) is 16.5 Å². The van der Waals surface area contributed by atoms with Crippen molar-refractivity contribution in [2.75, 3.05) is 6.54 Å². The summed E-state index contributed by atoms with van der Waals surface area (Å²) in [7, 11) is 0. The summed E-state index contributed by atoms with van der Waals surface area (Å²) < 4.78 is 12.8. The van der Waals surface area contributed by atoms with Crippen molar-refractivity contribution >= 4 is 0 Å². The van der Waals surface area contributed by atoms with Crippen molar-refractivity contribution < 1.29 is 4.39 Å². The van der Waals surface area contributed by atoms with Gasteiger partial charge < -0.3 is 10.3 Å². The third-order valence-corrected chi connectivity index (χ3v) is 2.61. The quantitative estimate of drug-likeness (QED) is 0.852. The predicted octanol–water partition coefficient (Wildman–Crippen LogP) is 2.96. The van der Waals surface area contributed by atoms with E-state index in [0.29, 0.717) is 5.92 Å². The molecule has 1 heterocycles. The lowest BCUT2D eigenvalue weighted by molar-refractivity contribution is 0.549. The number of rotatable bonds is 5. The van der Waals surface area contributed by atoms with Crippen molar-refractivity contribution in [1.82, 2.24) is 15.3 Å². The van der Waals surface area contributed by atoms with Crippen LogP contribution in [0.3, 0.4) is 0 Å². The summed E-state index contributed by atoms with van der Waals surface area (Å²) >= 11 is 0. The number of hydrogen-bond donors (Lipinski definition) is 2. The Bertz CT molecular complexity index is 488. The Labute approximate surface area is 106 Å². The third kappa shape index (κ3) is 3.40. The molecule has 0 saturated carbocycles. The first kappa shape index (κ1) is 12.8. The van der Waals surface area contributed by atoms with E-state index in [1.807, 2.05) is 6.20 Å². The fraction of sp³-hybridized carbons (Fsp3) is 0.357. The molecule has 0 aliphatic rings. The average molecular weight is 247 g/mol. The molecule has 4 heteroatoms. The number of halogens is 1. The van der Waals surface area contributed by atoms with Gasteiger partial charge in [-0.3, -0.25) is 0 Å². The summed E-state index contributed by atoms with van der Waals surface area (Å²) in [5.41, 5.74) is 1.93. The van der Waals surface area contributed by atoms with Crippen LogP contribution in [-0.2, 0) is 6.54 Å². The molecule has 96 valence electrons. The fourth-order valence-corrected chi connectivity index (χ4v) is 1.70. The van der Waals surface area contributed by atoms with Gasteiger partial charge in [0, 0.05) is 24.0 Å². The first-order chi connectivity index (χ1) is 8.65. The molecule has 0 atom stereocenters. The minimum Gasteiger partial charge on any atom is -0.341 e. The lowest BCUT2D eigenvalue weighted by atomic mass is 10.2. The van der Waals surface area contributed by atoms with Crippen LogP contribution in [0.25, 0.3) is 11.4 Å². The Hall–Kier alpha value is -1.68. The molecule has 0 unspecified atom stereocenters. The summed E-state index contributed by atoms with van der Waals surface area (Å²) in [6.07, 6.45) is 1.81. The SMILES string of the molecule is CC(C)CNCc1cnc(-c2ccc(F)cc2)[nH]1. The molecule has 2 aromatic rings. The second-order valence-corrected chi connectivity index (χ2v) is 4.79. The predicted molar refractivity (Wildman–Crippen MR) is 70.5 cm³/mol. The Morgan fingerprint density at radius 1 is 1.28 bits per heavy atom. The van der Waals surface area contributed by atoms with Crippen LogP contribution in [0.2, 0.25) is 0 Å². The van der Waals surface area contributed by atoms with Gasteiger partial charge in [-0.2, -0.15) is 0 Å². The van der Waals surface area contributed by atoms with Crippen LogP contribution in [0.15, 0.2) is 30.5 Å². The maximum atomic E-state index is 12.8. The van der Waals surface area contributed by atoms with E-state index in [9.17, 15) is 4.39 Å². The smallest absolute Gasteiger partial charge is 0.137 e. The normalized spacial score (nSPS) is 11.1. The van der Waals surface area contributed by atoms with Crippen LogP contribution in [0, 0.1) is 11.7 Å². The minimum atomic E-state index is -0.232. The molecule has 2 rings (SSSR count). The Balaban J connectivity index is 1.99. The largest absolute Gasteiger partial charge is 0.341 e. The highest BCUT2D eigenvalue weighted by atomic mass is 19.1. The monoisotopic (exact) mass is 247 g/mol. The second kappa shape index (κ2) is 5.78. The van der Waals surface area contributed by atoms with Crippen molar-refractivity contribution in [1.29, 1.82) is 0 Å². The van der Waals surface area contributed by atoms with Crippen molar-refractivity contribution in [3.63, 3.8) is 0 Å². The summed E-state index contributed by atoms with van der Waals surface area (Å²) in [6.45, 7) is 6.09. The molecule has 0 aliphatic carbocycles. The first-order valence-electron chi connectivity index (χ1n) is 6.15. The molecule has 1 aromatic carbocycles. The summed E-state index contributed by atoms with van der Waals surface area (Å²) in [5.74, 6) is 1.17. The van der Waals surface area contributed by atoms with Gasteiger partial charge in [-0.25, -0.2) is 9.37 Å². The standard InChI is InChI=1S/C14H18FN3/c1-10(2)7-16-8-13-9-17-14(18-13)11-3-5-12(15)6-4-11/h3-6,9-10,16H,7-8H2,1-2H3,(H,17,18). The van der Waals surface area contributed by atoms with Gasteiger partial charge in [-0.15, -0.1) is 0 Å². The van der Waals surface area contributed by atoms with Gasteiger partial charge in [0.25, 0.3) is 0 Å². The van der Waals surface area contributed by atoms with Gasteiger partial charge >= 0.3 is 0 Å². The first-order valence-corrected chi connectivity index (χ1v) is 6.15. The molecule has 2 N–H and O–H groups in total. The zero-order valence-electron chi connectivity index (χ0n) is 10.7. The maximum Gasteiger partial charge on any atom is 0.137 e. The van der Waals surface area contributed by atoms with Crippen molar-refractivity contribution in [2.24, 2.45) is 5.92 Å². The van der Waals surface area contributed by atoms with E-state index in [-0.39, 0.29) is 5.82 Å². The molecule has 0 radical (unpaired) electrons.